The summed E-state index contributed by atoms with van der Waals surface area (Å²) in [5, 5.41) is 14.3. The largest absolute Gasteiger partial charge is 0.480 e. The molecule has 1 amide bonds. The molecule has 0 saturated carbocycles. The molecule has 0 saturated heterocycles. The summed E-state index contributed by atoms with van der Waals surface area (Å²) in [5.74, 6) is -1.48. The first-order valence-electron chi connectivity index (χ1n) is 5.83. The maximum atomic E-state index is 11.7. The van der Waals surface area contributed by atoms with Crippen LogP contribution in [-0.2, 0) is 9.59 Å². The molecule has 6 heteroatoms. The zero-order chi connectivity index (χ0) is 14.6. The first-order chi connectivity index (χ1) is 8.70. The molecule has 19 heavy (non-hydrogen) atoms. The third kappa shape index (κ3) is 4.82. The fourth-order valence-corrected chi connectivity index (χ4v) is 2.04. The van der Waals surface area contributed by atoms with Crippen LogP contribution in [0.15, 0.2) is 11.5 Å². The van der Waals surface area contributed by atoms with E-state index in [0.717, 1.165) is 5.01 Å². The molecule has 1 aromatic heterocycles. The van der Waals surface area contributed by atoms with Gasteiger partial charge >= 0.3 is 5.97 Å². The molecular weight excluding hydrogens is 264 g/mol. The van der Waals surface area contributed by atoms with Gasteiger partial charge in [0.25, 0.3) is 0 Å². The van der Waals surface area contributed by atoms with E-state index in [2.05, 4.69) is 10.3 Å². The monoisotopic (exact) mass is 282 g/mol. The Morgan fingerprint density at radius 3 is 2.53 bits per heavy atom. The molecule has 1 aromatic rings. The fourth-order valence-electron chi connectivity index (χ4n) is 1.46. The number of nitrogens with zero attached hydrogens (tertiary/aromatic N) is 1. The Hall–Kier alpha value is -1.69. The number of carbonyl (C=O) groups excluding carboxylic acids is 1. The van der Waals surface area contributed by atoms with E-state index in [9.17, 15) is 9.59 Å². The summed E-state index contributed by atoms with van der Waals surface area (Å²) < 4.78 is 0. The van der Waals surface area contributed by atoms with Crippen LogP contribution in [0.4, 0.5) is 0 Å². The number of carboxylic acids is 1. The molecule has 0 fully saturated rings. The van der Waals surface area contributed by atoms with Crippen molar-refractivity contribution in [1.82, 2.24) is 10.3 Å². The summed E-state index contributed by atoms with van der Waals surface area (Å²) in [6.45, 7) is 7.17. The van der Waals surface area contributed by atoms with E-state index >= 15 is 0 Å². The Morgan fingerprint density at radius 1 is 1.47 bits per heavy atom. The van der Waals surface area contributed by atoms with Crippen molar-refractivity contribution < 1.29 is 14.7 Å². The zero-order valence-electron chi connectivity index (χ0n) is 11.4. The average molecular weight is 282 g/mol. The van der Waals surface area contributed by atoms with Crippen LogP contribution in [0.1, 0.15) is 31.5 Å². The van der Waals surface area contributed by atoms with Crippen molar-refractivity contribution in [2.24, 2.45) is 5.41 Å². The number of aliphatic carboxylic acids is 1. The minimum absolute atomic E-state index is 0.437. The van der Waals surface area contributed by atoms with Crippen LogP contribution in [-0.4, -0.2) is 28.0 Å². The number of aromatic nitrogens is 1. The highest BCUT2D eigenvalue weighted by Crippen LogP contribution is 2.19. The number of nitrogens with one attached hydrogen (secondary N) is 1. The van der Waals surface area contributed by atoms with E-state index in [1.54, 1.807) is 26.8 Å². The Kier molecular flexibility index (Phi) is 4.83. The Morgan fingerprint density at radius 2 is 2.11 bits per heavy atom. The van der Waals surface area contributed by atoms with Crippen molar-refractivity contribution in [3.63, 3.8) is 0 Å². The van der Waals surface area contributed by atoms with Gasteiger partial charge in [-0.15, -0.1) is 11.3 Å². The lowest BCUT2D eigenvalue weighted by atomic mass is 9.87. The molecule has 0 bridgehead atoms. The van der Waals surface area contributed by atoms with Gasteiger partial charge in [-0.25, -0.2) is 9.78 Å². The number of carboxylic acid groups (broad SMARTS) is 1. The van der Waals surface area contributed by atoms with Crippen molar-refractivity contribution in [3.8, 4) is 0 Å². The van der Waals surface area contributed by atoms with Crippen molar-refractivity contribution in [1.29, 1.82) is 0 Å². The summed E-state index contributed by atoms with van der Waals surface area (Å²) in [5.41, 5.74) is 0.146. The molecule has 0 unspecified atom stereocenters. The van der Waals surface area contributed by atoms with Crippen molar-refractivity contribution >= 4 is 29.3 Å². The molecule has 104 valence electrons. The van der Waals surface area contributed by atoms with Gasteiger partial charge in [0.2, 0.25) is 5.91 Å². The predicted octanol–water partition coefficient (Wildman–Crippen LogP) is 2.08. The molecule has 0 radical (unpaired) electrons. The maximum absolute atomic E-state index is 11.7. The van der Waals surface area contributed by atoms with Gasteiger partial charge in [0.1, 0.15) is 6.04 Å². The number of hydrogen-bond acceptors (Lipinski definition) is 4. The predicted molar refractivity (Wildman–Crippen MR) is 74.9 cm³/mol. The molecule has 1 heterocycles. The lowest BCUT2D eigenvalue weighted by Crippen LogP contribution is -2.48. The van der Waals surface area contributed by atoms with E-state index in [0.29, 0.717) is 5.69 Å². The first-order valence-corrected chi connectivity index (χ1v) is 6.71. The second-order valence-electron chi connectivity index (χ2n) is 5.27. The number of aryl methyl sites for hydroxylation is 1. The van der Waals surface area contributed by atoms with Gasteiger partial charge in [0.05, 0.1) is 10.7 Å². The van der Waals surface area contributed by atoms with E-state index in [1.807, 2.05) is 12.3 Å². The Bertz CT molecular complexity index is 500. The summed E-state index contributed by atoms with van der Waals surface area (Å²) in [7, 11) is 0. The molecule has 1 rings (SSSR count). The van der Waals surface area contributed by atoms with Crippen molar-refractivity contribution in [2.75, 3.05) is 0 Å². The highest BCUT2D eigenvalue weighted by atomic mass is 32.1. The van der Waals surface area contributed by atoms with Gasteiger partial charge in [0, 0.05) is 11.5 Å². The maximum Gasteiger partial charge on any atom is 0.326 e. The summed E-state index contributed by atoms with van der Waals surface area (Å²) >= 11 is 1.49. The summed E-state index contributed by atoms with van der Waals surface area (Å²) in [4.78, 5) is 27.0. The Balaban J connectivity index is 2.68. The second kappa shape index (κ2) is 5.97. The van der Waals surface area contributed by atoms with E-state index in [-0.39, 0.29) is 0 Å². The van der Waals surface area contributed by atoms with Gasteiger partial charge < -0.3 is 10.4 Å². The molecule has 2 N–H and O–H groups in total. The molecule has 0 spiro atoms. The van der Waals surface area contributed by atoms with Gasteiger partial charge in [-0.3, -0.25) is 4.79 Å². The highest BCUT2D eigenvalue weighted by molar-refractivity contribution is 7.09. The van der Waals surface area contributed by atoms with Crippen LogP contribution < -0.4 is 5.32 Å². The Labute approximate surface area is 116 Å². The molecule has 1 atom stereocenters. The normalized spacial score (nSPS) is 13.5. The third-order valence-corrected chi connectivity index (χ3v) is 3.23. The van der Waals surface area contributed by atoms with Crippen LogP contribution in [0.25, 0.3) is 6.08 Å². The number of rotatable bonds is 4. The average Bonchev–Trinajstić information content (AvgIpc) is 2.67. The van der Waals surface area contributed by atoms with Gasteiger partial charge in [-0.2, -0.15) is 0 Å². The van der Waals surface area contributed by atoms with Crippen molar-refractivity contribution in [3.05, 3.63) is 22.2 Å². The minimum atomic E-state index is -1.04. The summed E-state index contributed by atoms with van der Waals surface area (Å²) in [6.07, 6.45) is 2.87. The van der Waals surface area contributed by atoms with Gasteiger partial charge in [0.15, 0.2) is 0 Å². The molecule has 0 aliphatic carbocycles. The second-order valence-corrected chi connectivity index (χ2v) is 6.33. The van der Waals surface area contributed by atoms with E-state index in [4.69, 9.17) is 5.11 Å². The quantitative estimate of drug-likeness (QED) is 0.829. The minimum Gasteiger partial charge on any atom is -0.480 e. The molecule has 0 aliphatic heterocycles. The zero-order valence-corrected chi connectivity index (χ0v) is 12.2. The van der Waals surface area contributed by atoms with Crippen LogP contribution in [0, 0.1) is 12.3 Å². The number of carbonyl (C=O) groups is 2. The standard InChI is InChI=1S/C13H18N2O3S/c1-8-14-9(7-19-8)5-6-10(16)15-11(12(17)18)13(2,3)4/h5-7,11H,1-4H3,(H,15,16)(H,17,18)/b6-5+/t11-/m0/s1. The lowest BCUT2D eigenvalue weighted by Gasteiger charge is -2.27. The topological polar surface area (TPSA) is 79.3 Å². The van der Waals surface area contributed by atoms with Crippen LogP contribution in [0.3, 0.4) is 0 Å². The smallest absolute Gasteiger partial charge is 0.326 e. The molecule has 0 aliphatic rings. The highest BCUT2D eigenvalue weighted by Gasteiger charge is 2.31. The van der Waals surface area contributed by atoms with Crippen LogP contribution in [0.5, 0.6) is 0 Å². The SMILES string of the molecule is Cc1nc(/C=C/C(=O)N[C@@H](C(=O)O)C(C)(C)C)cs1. The number of amides is 1. The molecule has 5 nitrogen and oxygen atoms in total. The first kappa shape index (κ1) is 15.4. The van der Waals surface area contributed by atoms with Crippen LogP contribution in [0.2, 0.25) is 0 Å². The van der Waals surface area contributed by atoms with Gasteiger partial charge in [-0.05, 0) is 18.4 Å². The van der Waals surface area contributed by atoms with Gasteiger partial charge in [-0.1, -0.05) is 20.8 Å². The summed E-state index contributed by atoms with van der Waals surface area (Å²) in [6, 6.07) is -0.929. The third-order valence-electron chi connectivity index (χ3n) is 2.44. The van der Waals surface area contributed by atoms with Crippen LogP contribution >= 0.6 is 11.3 Å². The molecular formula is C13H18N2O3S. The van der Waals surface area contributed by atoms with E-state index < -0.39 is 23.3 Å². The molecule has 0 aromatic carbocycles. The fraction of sp³-hybridized carbons (Fsp3) is 0.462. The number of thiazole rings is 1. The lowest BCUT2D eigenvalue weighted by molar-refractivity contribution is -0.144. The van der Waals surface area contributed by atoms with Crippen molar-refractivity contribution in [2.45, 2.75) is 33.7 Å². The van der Waals surface area contributed by atoms with E-state index in [1.165, 1.54) is 17.4 Å². The number of hydrogen-bond donors (Lipinski definition) is 2.